The zero-order chi connectivity index (χ0) is 9.26. The lowest BCUT2D eigenvalue weighted by Crippen LogP contribution is -2.36. The van der Waals surface area contributed by atoms with Crippen LogP contribution in [0.5, 0.6) is 0 Å². The lowest BCUT2D eigenvalue weighted by Gasteiger charge is -2.23. The number of hydrogen-bond acceptors (Lipinski definition) is 1. The number of nitrogens with zero attached hydrogens (tertiary/aromatic N) is 2. The molecule has 0 radical (unpaired) electrons. The zero-order valence-electron chi connectivity index (χ0n) is 7.65. The lowest BCUT2D eigenvalue weighted by atomic mass is 10.1. The van der Waals surface area contributed by atoms with Crippen LogP contribution in [0.1, 0.15) is 6.42 Å². The van der Waals surface area contributed by atoms with E-state index in [0.717, 1.165) is 19.5 Å². The van der Waals surface area contributed by atoms with Gasteiger partial charge in [0, 0.05) is 19.6 Å². The van der Waals surface area contributed by atoms with Crippen LogP contribution in [0.3, 0.4) is 0 Å². The number of rotatable bonds is 2. The van der Waals surface area contributed by atoms with Gasteiger partial charge in [0.15, 0.2) is 0 Å². The molecule has 2 amide bonds. The normalized spacial score (nSPS) is 26.5. The number of carbonyl (C=O) groups is 1. The van der Waals surface area contributed by atoms with Gasteiger partial charge in [-0.3, -0.25) is 0 Å². The molecule has 1 unspecified atom stereocenters. The maximum absolute atomic E-state index is 11.7. The molecule has 2 aliphatic rings. The number of amides is 2. The minimum Gasteiger partial charge on any atom is -0.319 e. The van der Waals surface area contributed by atoms with E-state index in [1.807, 2.05) is 9.80 Å². The Labute approximate surface area is 78.3 Å². The van der Waals surface area contributed by atoms with E-state index in [1.165, 1.54) is 0 Å². The fourth-order valence-electron chi connectivity index (χ4n) is 1.95. The van der Waals surface area contributed by atoms with Crippen molar-refractivity contribution < 1.29 is 4.79 Å². The predicted molar refractivity (Wildman–Crippen MR) is 51.4 cm³/mol. The van der Waals surface area contributed by atoms with Gasteiger partial charge in [0.25, 0.3) is 0 Å². The fourth-order valence-corrected chi connectivity index (χ4v) is 1.95. The number of fused-ring (bicyclic) bond motifs is 1. The van der Waals surface area contributed by atoms with Gasteiger partial charge in [-0.25, -0.2) is 4.79 Å². The molecule has 0 N–H and O–H groups in total. The molecule has 2 heterocycles. The second-order valence-corrected chi connectivity index (χ2v) is 3.49. The Morgan fingerprint density at radius 3 is 3.15 bits per heavy atom. The molecule has 0 aliphatic carbocycles. The molecule has 2 aliphatic heterocycles. The van der Waals surface area contributed by atoms with Crippen molar-refractivity contribution in [2.24, 2.45) is 0 Å². The summed E-state index contributed by atoms with van der Waals surface area (Å²) in [5, 5.41) is 0. The third-order valence-corrected chi connectivity index (χ3v) is 2.61. The monoisotopic (exact) mass is 178 g/mol. The molecular weight excluding hydrogens is 164 g/mol. The number of carbonyl (C=O) groups excluding carboxylic acids is 1. The third-order valence-electron chi connectivity index (χ3n) is 2.61. The molecule has 0 aromatic heterocycles. The van der Waals surface area contributed by atoms with E-state index in [9.17, 15) is 4.79 Å². The highest BCUT2D eigenvalue weighted by Crippen LogP contribution is 2.21. The molecule has 3 heteroatoms. The van der Waals surface area contributed by atoms with Crippen molar-refractivity contribution in [2.45, 2.75) is 12.5 Å². The summed E-state index contributed by atoms with van der Waals surface area (Å²) in [5.41, 5.74) is 0. The van der Waals surface area contributed by atoms with Crippen molar-refractivity contribution >= 4 is 6.03 Å². The first kappa shape index (κ1) is 8.35. The van der Waals surface area contributed by atoms with Crippen molar-refractivity contribution in [3.05, 3.63) is 24.8 Å². The Hall–Kier alpha value is -1.25. The van der Waals surface area contributed by atoms with Crippen LogP contribution < -0.4 is 0 Å². The van der Waals surface area contributed by atoms with Crippen LogP contribution >= 0.6 is 0 Å². The van der Waals surface area contributed by atoms with Crippen LogP contribution in [0.4, 0.5) is 4.79 Å². The Morgan fingerprint density at radius 1 is 1.62 bits per heavy atom. The molecule has 70 valence electrons. The van der Waals surface area contributed by atoms with E-state index in [2.05, 4.69) is 18.7 Å². The molecule has 2 rings (SSSR count). The van der Waals surface area contributed by atoms with E-state index >= 15 is 0 Å². The minimum absolute atomic E-state index is 0.161. The average Bonchev–Trinajstić information content (AvgIpc) is 2.46. The van der Waals surface area contributed by atoms with Gasteiger partial charge >= 0.3 is 6.03 Å². The molecule has 0 spiro atoms. The van der Waals surface area contributed by atoms with Gasteiger partial charge in [-0.2, -0.15) is 0 Å². The molecule has 0 bridgehead atoms. The average molecular weight is 178 g/mol. The summed E-state index contributed by atoms with van der Waals surface area (Å²) >= 11 is 0. The summed E-state index contributed by atoms with van der Waals surface area (Å²) < 4.78 is 0. The molecule has 1 fully saturated rings. The summed E-state index contributed by atoms with van der Waals surface area (Å²) in [7, 11) is 0. The van der Waals surface area contributed by atoms with E-state index in [1.54, 1.807) is 6.08 Å². The molecule has 0 saturated carbocycles. The van der Waals surface area contributed by atoms with Gasteiger partial charge in [0.05, 0.1) is 6.04 Å². The summed E-state index contributed by atoms with van der Waals surface area (Å²) in [4.78, 5) is 15.5. The van der Waals surface area contributed by atoms with E-state index in [-0.39, 0.29) is 6.03 Å². The standard InChI is InChI=1S/C10H14N2O/c1-2-6-11-8-9-5-3-4-7-12(9)10(11)13/h2-4,9H,1,5-8H2. The molecule has 13 heavy (non-hydrogen) atoms. The molecule has 0 aromatic carbocycles. The summed E-state index contributed by atoms with van der Waals surface area (Å²) in [5.74, 6) is 0. The SMILES string of the molecule is C=CCN1CC2CC=CCN2C1=O. The maximum atomic E-state index is 11.7. The van der Waals surface area contributed by atoms with Gasteiger partial charge in [-0.15, -0.1) is 6.58 Å². The first-order valence-corrected chi connectivity index (χ1v) is 4.64. The van der Waals surface area contributed by atoms with Gasteiger partial charge in [-0.1, -0.05) is 18.2 Å². The van der Waals surface area contributed by atoms with Crippen molar-refractivity contribution in [1.29, 1.82) is 0 Å². The first-order valence-electron chi connectivity index (χ1n) is 4.64. The van der Waals surface area contributed by atoms with Crippen LogP contribution in [0.15, 0.2) is 24.8 Å². The molecular formula is C10H14N2O. The Morgan fingerprint density at radius 2 is 2.46 bits per heavy atom. The maximum Gasteiger partial charge on any atom is 0.320 e. The third kappa shape index (κ3) is 1.34. The van der Waals surface area contributed by atoms with E-state index < -0.39 is 0 Å². The molecule has 0 aromatic rings. The van der Waals surface area contributed by atoms with Crippen molar-refractivity contribution in [3.8, 4) is 0 Å². The van der Waals surface area contributed by atoms with Crippen LogP contribution in [0, 0.1) is 0 Å². The summed E-state index contributed by atoms with van der Waals surface area (Å²) in [6, 6.07) is 0.562. The van der Waals surface area contributed by atoms with Crippen molar-refractivity contribution in [2.75, 3.05) is 19.6 Å². The number of urea groups is 1. The lowest BCUT2D eigenvalue weighted by molar-refractivity contribution is 0.192. The van der Waals surface area contributed by atoms with Crippen LogP contribution in [-0.2, 0) is 0 Å². The summed E-state index contributed by atoms with van der Waals surface area (Å²) in [6.07, 6.45) is 7.00. The predicted octanol–water partition coefficient (Wildman–Crippen LogP) is 1.24. The molecule has 1 saturated heterocycles. The Kier molecular flexibility index (Phi) is 2.08. The van der Waals surface area contributed by atoms with Gasteiger partial charge < -0.3 is 9.80 Å². The summed E-state index contributed by atoms with van der Waals surface area (Å²) in [6.45, 7) is 5.95. The largest absolute Gasteiger partial charge is 0.320 e. The molecule has 1 atom stereocenters. The highest BCUT2D eigenvalue weighted by Gasteiger charge is 2.35. The highest BCUT2D eigenvalue weighted by molar-refractivity contribution is 5.77. The van der Waals surface area contributed by atoms with E-state index in [4.69, 9.17) is 0 Å². The van der Waals surface area contributed by atoms with Crippen LogP contribution in [0.2, 0.25) is 0 Å². The highest BCUT2D eigenvalue weighted by atomic mass is 16.2. The topological polar surface area (TPSA) is 23.6 Å². The van der Waals surface area contributed by atoms with E-state index in [0.29, 0.717) is 12.6 Å². The first-order chi connectivity index (χ1) is 6.33. The van der Waals surface area contributed by atoms with Crippen molar-refractivity contribution in [1.82, 2.24) is 9.80 Å². The zero-order valence-corrected chi connectivity index (χ0v) is 7.65. The quantitative estimate of drug-likeness (QED) is 0.583. The second kappa shape index (κ2) is 3.24. The van der Waals surface area contributed by atoms with Crippen LogP contribution in [0.25, 0.3) is 0 Å². The molecule has 3 nitrogen and oxygen atoms in total. The van der Waals surface area contributed by atoms with Gasteiger partial charge in [-0.05, 0) is 6.42 Å². The number of hydrogen-bond donors (Lipinski definition) is 0. The van der Waals surface area contributed by atoms with Crippen molar-refractivity contribution in [3.63, 3.8) is 0 Å². The van der Waals surface area contributed by atoms with Crippen LogP contribution in [-0.4, -0.2) is 41.5 Å². The Bertz CT molecular complexity index is 260. The fraction of sp³-hybridized carbons (Fsp3) is 0.500. The smallest absolute Gasteiger partial charge is 0.319 e. The minimum atomic E-state index is 0.161. The second-order valence-electron chi connectivity index (χ2n) is 3.49. The van der Waals surface area contributed by atoms with Gasteiger partial charge in [0.1, 0.15) is 0 Å². The Balaban J connectivity index is 2.08. The van der Waals surface area contributed by atoms with Gasteiger partial charge in [0.2, 0.25) is 0 Å².